The second-order valence-corrected chi connectivity index (χ2v) is 7.75. The minimum Gasteiger partial charge on any atom is -0.504 e. The summed E-state index contributed by atoms with van der Waals surface area (Å²) >= 11 is 12.1. The molecule has 1 amide bonds. The van der Waals surface area contributed by atoms with Crippen molar-refractivity contribution in [3.05, 3.63) is 79.7 Å². The number of phenols is 1. The largest absolute Gasteiger partial charge is 0.504 e. The molecule has 6 heteroatoms. The predicted molar refractivity (Wildman–Crippen MR) is 113 cm³/mol. The van der Waals surface area contributed by atoms with E-state index in [9.17, 15) is 9.90 Å². The van der Waals surface area contributed by atoms with E-state index in [1.165, 1.54) is 28.3 Å². The summed E-state index contributed by atoms with van der Waals surface area (Å²) in [5, 5.41) is 13.2. The van der Waals surface area contributed by atoms with Crippen LogP contribution in [0.25, 0.3) is 0 Å². The van der Waals surface area contributed by atoms with Crippen molar-refractivity contribution in [3.63, 3.8) is 0 Å². The van der Waals surface area contributed by atoms with Crippen LogP contribution >= 0.6 is 23.2 Å². The first-order valence-corrected chi connectivity index (χ1v) is 9.57. The average Bonchev–Trinajstić information content (AvgIpc) is 3.09. The first-order valence-electron chi connectivity index (χ1n) is 8.81. The average molecular weight is 418 g/mol. The summed E-state index contributed by atoms with van der Waals surface area (Å²) in [6.07, 6.45) is 0.596. The van der Waals surface area contributed by atoms with Crippen LogP contribution in [0.3, 0.4) is 0 Å². The molecular formula is C22H21Cl2NO3. The molecule has 0 aliphatic rings. The lowest BCUT2D eigenvalue weighted by molar-refractivity contribution is 0.0994. The zero-order valence-electron chi connectivity index (χ0n) is 16.1. The number of amides is 1. The van der Waals surface area contributed by atoms with Crippen molar-refractivity contribution in [2.75, 3.05) is 5.32 Å². The predicted octanol–water partition coefficient (Wildman–Crippen LogP) is 6.37. The summed E-state index contributed by atoms with van der Waals surface area (Å²) < 4.78 is 5.73. The van der Waals surface area contributed by atoms with Crippen molar-refractivity contribution >= 4 is 34.8 Å². The summed E-state index contributed by atoms with van der Waals surface area (Å²) in [6, 6.07) is 9.11. The molecule has 2 aromatic carbocycles. The van der Waals surface area contributed by atoms with E-state index in [4.69, 9.17) is 27.6 Å². The van der Waals surface area contributed by atoms with Gasteiger partial charge in [0, 0.05) is 11.4 Å². The number of hydrogen-bond donors (Lipinski definition) is 2. The third-order valence-corrected chi connectivity index (χ3v) is 5.60. The van der Waals surface area contributed by atoms with Crippen LogP contribution in [0.1, 0.15) is 44.1 Å². The Morgan fingerprint density at radius 1 is 1.07 bits per heavy atom. The number of carbonyl (C=O) groups excluding carboxylic acids is 1. The van der Waals surface area contributed by atoms with Crippen LogP contribution in [-0.2, 0) is 6.42 Å². The van der Waals surface area contributed by atoms with E-state index in [2.05, 4.69) is 38.2 Å². The molecule has 3 aromatic rings. The molecular weight excluding hydrogens is 397 g/mol. The molecule has 0 spiro atoms. The quantitative estimate of drug-likeness (QED) is 0.484. The van der Waals surface area contributed by atoms with Crippen LogP contribution < -0.4 is 5.32 Å². The van der Waals surface area contributed by atoms with Crippen molar-refractivity contribution in [1.29, 1.82) is 0 Å². The SMILES string of the molecule is Cc1cc(C)c(Cc2ccc(C(=O)Nc3cc(Cl)c(C)c(Cl)c3O)o2)c(C)c1. The minimum absolute atomic E-state index is 0.105. The lowest BCUT2D eigenvalue weighted by atomic mass is 9.97. The molecule has 1 heterocycles. The van der Waals surface area contributed by atoms with E-state index >= 15 is 0 Å². The number of nitrogens with one attached hydrogen (secondary N) is 1. The van der Waals surface area contributed by atoms with E-state index < -0.39 is 5.91 Å². The van der Waals surface area contributed by atoms with Crippen molar-refractivity contribution < 1.29 is 14.3 Å². The highest BCUT2D eigenvalue weighted by molar-refractivity contribution is 6.37. The van der Waals surface area contributed by atoms with Gasteiger partial charge >= 0.3 is 0 Å². The van der Waals surface area contributed by atoms with Gasteiger partial charge in [-0.2, -0.15) is 0 Å². The Balaban J connectivity index is 1.80. The van der Waals surface area contributed by atoms with Gasteiger partial charge in [-0.25, -0.2) is 0 Å². The summed E-state index contributed by atoms with van der Waals surface area (Å²) in [7, 11) is 0. The van der Waals surface area contributed by atoms with Gasteiger partial charge in [0.05, 0.1) is 10.7 Å². The van der Waals surface area contributed by atoms with Crippen LogP contribution in [-0.4, -0.2) is 11.0 Å². The number of carbonyl (C=O) groups is 1. The van der Waals surface area contributed by atoms with Crippen LogP contribution in [0.15, 0.2) is 34.7 Å². The molecule has 0 saturated carbocycles. The number of aromatic hydroxyl groups is 1. The van der Waals surface area contributed by atoms with Crippen molar-refractivity contribution in [3.8, 4) is 5.75 Å². The van der Waals surface area contributed by atoms with E-state index in [0.29, 0.717) is 22.8 Å². The van der Waals surface area contributed by atoms with Gasteiger partial charge in [0.1, 0.15) is 5.76 Å². The smallest absolute Gasteiger partial charge is 0.291 e. The molecule has 0 bridgehead atoms. The van der Waals surface area contributed by atoms with E-state index in [-0.39, 0.29) is 22.2 Å². The van der Waals surface area contributed by atoms with Crippen molar-refractivity contribution in [2.24, 2.45) is 0 Å². The second-order valence-electron chi connectivity index (χ2n) is 6.97. The van der Waals surface area contributed by atoms with Crippen molar-refractivity contribution in [1.82, 2.24) is 0 Å². The molecule has 0 aliphatic carbocycles. The molecule has 0 unspecified atom stereocenters. The fraction of sp³-hybridized carbons (Fsp3) is 0.227. The molecule has 0 atom stereocenters. The Bertz CT molecular complexity index is 1050. The molecule has 0 fully saturated rings. The van der Waals surface area contributed by atoms with Gasteiger partial charge in [-0.05, 0) is 68.1 Å². The fourth-order valence-electron chi connectivity index (χ4n) is 3.24. The van der Waals surface area contributed by atoms with E-state index in [0.717, 1.165) is 0 Å². The zero-order chi connectivity index (χ0) is 20.6. The molecule has 0 saturated heterocycles. The van der Waals surface area contributed by atoms with E-state index in [1.54, 1.807) is 19.1 Å². The van der Waals surface area contributed by atoms with Crippen LogP contribution in [0.5, 0.6) is 5.75 Å². The normalized spacial score (nSPS) is 10.9. The van der Waals surface area contributed by atoms with Crippen molar-refractivity contribution in [2.45, 2.75) is 34.1 Å². The molecule has 2 N–H and O–H groups in total. The van der Waals surface area contributed by atoms with Crippen LogP contribution in [0.2, 0.25) is 10.0 Å². The highest BCUT2D eigenvalue weighted by Gasteiger charge is 2.18. The standard InChI is InChI=1S/C22H21Cl2NO3/c1-11-7-12(2)16(13(3)8-11)9-15-5-6-19(28-15)22(27)25-18-10-17(23)14(4)20(24)21(18)26/h5-8,10,26H,9H2,1-4H3,(H,25,27). The number of phenolic OH excluding ortho intramolecular Hbond substituents is 1. The number of aryl methyl sites for hydroxylation is 3. The lowest BCUT2D eigenvalue weighted by Gasteiger charge is -2.11. The van der Waals surface area contributed by atoms with Gasteiger partial charge in [0.2, 0.25) is 0 Å². The van der Waals surface area contributed by atoms with E-state index in [1.807, 2.05) is 0 Å². The molecule has 3 rings (SSSR count). The summed E-state index contributed by atoms with van der Waals surface area (Å²) in [4.78, 5) is 12.5. The first-order chi connectivity index (χ1) is 13.2. The summed E-state index contributed by atoms with van der Waals surface area (Å²) in [5.74, 6) is 0.110. The fourth-order valence-corrected chi connectivity index (χ4v) is 3.70. The summed E-state index contributed by atoms with van der Waals surface area (Å²) in [5.41, 5.74) is 5.45. The number of anilines is 1. The third kappa shape index (κ3) is 4.03. The zero-order valence-corrected chi connectivity index (χ0v) is 17.6. The Hall–Kier alpha value is -2.43. The maximum atomic E-state index is 12.5. The molecule has 146 valence electrons. The summed E-state index contributed by atoms with van der Waals surface area (Å²) in [6.45, 7) is 7.89. The number of furan rings is 1. The monoisotopic (exact) mass is 417 g/mol. The molecule has 1 aromatic heterocycles. The Kier molecular flexibility index (Phi) is 5.73. The Labute approximate surface area is 174 Å². The second kappa shape index (κ2) is 7.90. The third-order valence-electron chi connectivity index (χ3n) is 4.75. The molecule has 0 aliphatic heterocycles. The number of benzene rings is 2. The lowest BCUT2D eigenvalue weighted by Crippen LogP contribution is -2.11. The van der Waals surface area contributed by atoms with Crippen LogP contribution in [0, 0.1) is 27.7 Å². The highest BCUT2D eigenvalue weighted by atomic mass is 35.5. The Morgan fingerprint density at radius 3 is 2.36 bits per heavy atom. The van der Waals surface area contributed by atoms with Gasteiger partial charge < -0.3 is 14.8 Å². The minimum atomic E-state index is -0.491. The number of hydrogen-bond acceptors (Lipinski definition) is 3. The van der Waals surface area contributed by atoms with Crippen LogP contribution in [0.4, 0.5) is 5.69 Å². The topological polar surface area (TPSA) is 62.5 Å². The Morgan fingerprint density at radius 2 is 1.71 bits per heavy atom. The van der Waals surface area contributed by atoms with Gasteiger partial charge in [-0.3, -0.25) is 4.79 Å². The maximum Gasteiger partial charge on any atom is 0.291 e. The maximum absolute atomic E-state index is 12.5. The molecule has 4 nitrogen and oxygen atoms in total. The first kappa shape index (κ1) is 20.3. The molecule has 0 radical (unpaired) electrons. The van der Waals surface area contributed by atoms with Gasteiger partial charge in [-0.1, -0.05) is 40.9 Å². The van der Waals surface area contributed by atoms with Gasteiger partial charge in [0.15, 0.2) is 11.5 Å². The number of rotatable bonds is 4. The number of halogens is 2. The highest BCUT2D eigenvalue weighted by Crippen LogP contribution is 2.39. The molecule has 28 heavy (non-hydrogen) atoms. The van der Waals surface area contributed by atoms with Gasteiger partial charge in [0.25, 0.3) is 5.91 Å². The van der Waals surface area contributed by atoms with Gasteiger partial charge in [-0.15, -0.1) is 0 Å².